The summed E-state index contributed by atoms with van der Waals surface area (Å²) in [5.74, 6) is -2.19. The lowest BCUT2D eigenvalue weighted by atomic mass is 10.1. The molecule has 0 radical (unpaired) electrons. The number of rotatable bonds is 5. The van der Waals surface area contributed by atoms with Crippen LogP contribution in [0.3, 0.4) is 0 Å². The summed E-state index contributed by atoms with van der Waals surface area (Å²) in [7, 11) is 0. The monoisotopic (exact) mass is 470 g/mol. The van der Waals surface area contributed by atoms with Crippen LogP contribution < -0.4 is 10.2 Å². The third-order valence-electron chi connectivity index (χ3n) is 6.02. The Labute approximate surface area is 203 Å². The molecule has 1 N–H and O–H groups in total. The molecule has 1 atom stereocenters. The number of nitrogens with one attached hydrogen (secondary N) is 1. The molecule has 7 nitrogen and oxygen atoms in total. The van der Waals surface area contributed by atoms with Crippen LogP contribution in [-0.2, 0) is 9.53 Å². The van der Waals surface area contributed by atoms with Gasteiger partial charge in [-0.1, -0.05) is 29.8 Å². The van der Waals surface area contributed by atoms with Gasteiger partial charge in [0.2, 0.25) is 0 Å². The number of anilines is 2. The number of hydrogen-bond donors (Lipinski definition) is 1. The van der Waals surface area contributed by atoms with Crippen LogP contribution in [0.15, 0.2) is 54.6 Å². The number of carbonyl (C=O) groups is 4. The van der Waals surface area contributed by atoms with Crippen molar-refractivity contribution in [3.05, 3.63) is 93.5 Å². The molecule has 0 spiro atoms. The quantitative estimate of drug-likeness (QED) is 0.423. The Morgan fingerprint density at radius 3 is 2.17 bits per heavy atom. The number of fused-ring (bicyclic) bond motifs is 1. The van der Waals surface area contributed by atoms with E-state index in [1.54, 1.807) is 12.1 Å². The van der Waals surface area contributed by atoms with Crippen molar-refractivity contribution in [2.45, 2.75) is 40.7 Å². The summed E-state index contributed by atoms with van der Waals surface area (Å²) in [5.41, 5.74) is 5.24. The number of aryl methyl sites for hydroxylation is 4. The fourth-order valence-corrected chi connectivity index (χ4v) is 4.02. The standard InChI is InChI=1S/C28H26N2O5/c1-15-7-11-23(18(4)12-15)29-25(31)19(5)35-28(34)20-9-10-21-22(14-20)27(33)30(26(21)32)24-13-16(2)6-8-17(24)3/h6-14,19H,1-5H3,(H,29,31). The number of hydrogen-bond acceptors (Lipinski definition) is 5. The number of esters is 1. The van der Waals surface area contributed by atoms with Gasteiger partial charge in [0.25, 0.3) is 17.7 Å². The number of nitrogens with zero attached hydrogens (tertiary/aromatic N) is 1. The van der Waals surface area contributed by atoms with E-state index >= 15 is 0 Å². The number of amides is 3. The Bertz CT molecular complexity index is 1390. The van der Waals surface area contributed by atoms with Crippen molar-refractivity contribution in [1.82, 2.24) is 0 Å². The van der Waals surface area contributed by atoms with Crippen molar-refractivity contribution in [2.24, 2.45) is 0 Å². The van der Waals surface area contributed by atoms with Crippen LogP contribution in [0.4, 0.5) is 11.4 Å². The molecule has 4 rings (SSSR count). The first-order chi connectivity index (χ1) is 16.6. The van der Waals surface area contributed by atoms with Gasteiger partial charge < -0.3 is 10.1 Å². The molecule has 1 heterocycles. The summed E-state index contributed by atoms with van der Waals surface area (Å²) in [6.45, 7) is 9.02. The molecular formula is C28H26N2O5. The zero-order valence-corrected chi connectivity index (χ0v) is 20.3. The molecule has 0 saturated heterocycles. The fraction of sp³-hybridized carbons (Fsp3) is 0.214. The summed E-state index contributed by atoms with van der Waals surface area (Å²) in [4.78, 5) is 52.5. The van der Waals surface area contributed by atoms with Gasteiger partial charge in [-0.3, -0.25) is 14.4 Å². The Hall–Kier alpha value is -4.26. The van der Waals surface area contributed by atoms with Crippen LogP contribution in [0.5, 0.6) is 0 Å². The van der Waals surface area contributed by atoms with E-state index in [1.807, 2.05) is 52.0 Å². The minimum absolute atomic E-state index is 0.0823. The maximum atomic E-state index is 13.1. The Balaban J connectivity index is 1.51. The van der Waals surface area contributed by atoms with E-state index < -0.39 is 29.8 Å². The lowest BCUT2D eigenvalue weighted by Gasteiger charge is -2.17. The zero-order chi connectivity index (χ0) is 25.4. The Kier molecular flexibility index (Phi) is 6.26. The molecule has 3 amide bonds. The average molecular weight is 471 g/mol. The minimum Gasteiger partial charge on any atom is -0.449 e. The molecule has 1 aliphatic heterocycles. The Morgan fingerprint density at radius 1 is 0.800 bits per heavy atom. The van der Waals surface area contributed by atoms with Gasteiger partial charge in [0.1, 0.15) is 0 Å². The fourth-order valence-electron chi connectivity index (χ4n) is 4.02. The van der Waals surface area contributed by atoms with E-state index in [0.717, 1.165) is 27.2 Å². The molecule has 0 aromatic heterocycles. The molecule has 7 heteroatoms. The number of ether oxygens (including phenoxy) is 1. The summed E-state index contributed by atoms with van der Waals surface area (Å²) < 4.78 is 5.34. The van der Waals surface area contributed by atoms with Crippen molar-refractivity contribution in [3.8, 4) is 0 Å². The first-order valence-corrected chi connectivity index (χ1v) is 11.3. The van der Waals surface area contributed by atoms with Gasteiger partial charge in [0, 0.05) is 5.69 Å². The second kappa shape index (κ2) is 9.18. The third kappa shape index (κ3) is 4.57. The van der Waals surface area contributed by atoms with E-state index in [9.17, 15) is 19.2 Å². The van der Waals surface area contributed by atoms with Gasteiger partial charge in [-0.05, 0) is 81.6 Å². The summed E-state index contributed by atoms with van der Waals surface area (Å²) in [5, 5.41) is 2.76. The maximum Gasteiger partial charge on any atom is 0.338 e. The molecule has 1 unspecified atom stereocenters. The van der Waals surface area contributed by atoms with Crippen LogP contribution in [0.1, 0.15) is 60.3 Å². The topological polar surface area (TPSA) is 92.8 Å². The molecule has 1 aliphatic rings. The molecule has 3 aromatic rings. The van der Waals surface area contributed by atoms with Crippen molar-refractivity contribution < 1.29 is 23.9 Å². The van der Waals surface area contributed by atoms with E-state index in [0.29, 0.717) is 11.4 Å². The number of imide groups is 1. The maximum absolute atomic E-state index is 13.1. The highest BCUT2D eigenvalue weighted by molar-refractivity contribution is 6.35. The molecule has 0 aliphatic carbocycles. The summed E-state index contributed by atoms with van der Waals surface area (Å²) >= 11 is 0. The van der Waals surface area contributed by atoms with Crippen molar-refractivity contribution >= 4 is 35.1 Å². The Morgan fingerprint density at radius 2 is 1.46 bits per heavy atom. The van der Waals surface area contributed by atoms with Gasteiger partial charge in [0.05, 0.1) is 22.4 Å². The molecule has 178 valence electrons. The highest BCUT2D eigenvalue weighted by Gasteiger charge is 2.38. The van der Waals surface area contributed by atoms with Crippen LogP contribution >= 0.6 is 0 Å². The van der Waals surface area contributed by atoms with Gasteiger partial charge >= 0.3 is 5.97 Å². The highest BCUT2D eigenvalue weighted by Crippen LogP contribution is 2.32. The predicted molar refractivity (Wildman–Crippen MR) is 133 cm³/mol. The normalized spacial score (nSPS) is 13.5. The van der Waals surface area contributed by atoms with Crippen LogP contribution in [0, 0.1) is 27.7 Å². The van der Waals surface area contributed by atoms with E-state index in [4.69, 9.17) is 4.74 Å². The van der Waals surface area contributed by atoms with E-state index in [2.05, 4.69) is 5.32 Å². The van der Waals surface area contributed by atoms with Crippen molar-refractivity contribution in [1.29, 1.82) is 0 Å². The predicted octanol–water partition coefficient (Wildman–Crippen LogP) is 4.90. The van der Waals surface area contributed by atoms with Gasteiger partial charge in [-0.15, -0.1) is 0 Å². The van der Waals surface area contributed by atoms with E-state index in [-0.39, 0.29) is 16.7 Å². The highest BCUT2D eigenvalue weighted by atomic mass is 16.5. The van der Waals surface area contributed by atoms with Crippen molar-refractivity contribution in [3.63, 3.8) is 0 Å². The van der Waals surface area contributed by atoms with Crippen LogP contribution in [-0.4, -0.2) is 29.8 Å². The van der Waals surface area contributed by atoms with Gasteiger partial charge in [-0.25, -0.2) is 9.69 Å². The van der Waals surface area contributed by atoms with Gasteiger partial charge in [0.15, 0.2) is 6.10 Å². The van der Waals surface area contributed by atoms with Crippen LogP contribution in [0.2, 0.25) is 0 Å². The smallest absolute Gasteiger partial charge is 0.338 e. The van der Waals surface area contributed by atoms with Crippen molar-refractivity contribution in [2.75, 3.05) is 10.2 Å². The second-order valence-electron chi connectivity index (χ2n) is 8.85. The molecule has 0 saturated carbocycles. The molecule has 35 heavy (non-hydrogen) atoms. The molecule has 3 aromatic carbocycles. The number of benzene rings is 3. The first kappa shape index (κ1) is 23.9. The zero-order valence-electron chi connectivity index (χ0n) is 20.3. The second-order valence-corrected chi connectivity index (χ2v) is 8.85. The summed E-state index contributed by atoms with van der Waals surface area (Å²) in [6, 6.07) is 15.4. The largest absolute Gasteiger partial charge is 0.449 e. The third-order valence-corrected chi connectivity index (χ3v) is 6.02. The van der Waals surface area contributed by atoms with E-state index in [1.165, 1.54) is 25.1 Å². The SMILES string of the molecule is Cc1ccc(NC(=O)C(C)OC(=O)c2ccc3c(c2)C(=O)N(c2cc(C)ccc2C)C3=O)c(C)c1. The lowest BCUT2D eigenvalue weighted by Crippen LogP contribution is -2.30. The molecular weight excluding hydrogens is 444 g/mol. The first-order valence-electron chi connectivity index (χ1n) is 11.3. The van der Waals surface area contributed by atoms with Crippen LogP contribution in [0.25, 0.3) is 0 Å². The average Bonchev–Trinajstić information content (AvgIpc) is 3.06. The molecule has 0 bridgehead atoms. The number of carbonyl (C=O) groups excluding carboxylic acids is 4. The van der Waals surface area contributed by atoms with Gasteiger partial charge in [-0.2, -0.15) is 0 Å². The molecule has 0 fully saturated rings. The lowest BCUT2D eigenvalue weighted by molar-refractivity contribution is -0.123. The minimum atomic E-state index is -1.07. The summed E-state index contributed by atoms with van der Waals surface area (Å²) in [6.07, 6.45) is -1.07.